The molecule has 0 radical (unpaired) electrons. The van der Waals surface area contributed by atoms with Gasteiger partial charge >= 0.3 is 0 Å². The molecule has 2 aromatic rings. The largest absolute Gasteiger partial charge is 0.473 e. The van der Waals surface area contributed by atoms with E-state index in [4.69, 9.17) is 21.6 Å². The van der Waals surface area contributed by atoms with Crippen LogP contribution < -0.4 is 27.4 Å². The third kappa shape index (κ3) is 6.38. The predicted molar refractivity (Wildman–Crippen MR) is 138 cm³/mol. The fourth-order valence-corrected chi connectivity index (χ4v) is 3.25. The number of pyridine rings is 2. The fourth-order valence-electron chi connectivity index (χ4n) is 3.25. The first-order chi connectivity index (χ1) is 16.4. The van der Waals surface area contributed by atoms with E-state index in [9.17, 15) is 0 Å². The molecule has 178 valence electrons. The minimum atomic E-state index is 0.113. The van der Waals surface area contributed by atoms with E-state index in [1.807, 2.05) is 50.3 Å². The number of nitrogens with one attached hydrogen (secondary N) is 4. The summed E-state index contributed by atoms with van der Waals surface area (Å²) in [5.41, 5.74) is 15.9. The van der Waals surface area contributed by atoms with E-state index in [2.05, 4.69) is 25.9 Å². The van der Waals surface area contributed by atoms with Gasteiger partial charge in [-0.25, -0.2) is 4.98 Å². The Labute approximate surface area is 199 Å². The number of allylic oxidation sites excluding steroid dienone is 4. The lowest BCUT2D eigenvalue weighted by Gasteiger charge is -2.16. The number of dihydropyridines is 1. The van der Waals surface area contributed by atoms with Crippen LogP contribution in [0.3, 0.4) is 0 Å². The first-order valence-electron chi connectivity index (χ1n) is 11.0. The van der Waals surface area contributed by atoms with Crippen molar-refractivity contribution in [1.82, 2.24) is 20.6 Å². The molecule has 34 heavy (non-hydrogen) atoms. The third-order valence-electron chi connectivity index (χ3n) is 5.07. The van der Waals surface area contributed by atoms with Crippen molar-refractivity contribution in [3.05, 3.63) is 83.9 Å². The summed E-state index contributed by atoms with van der Waals surface area (Å²) in [6.07, 6.45) is 12.6. The molecule has 0 atom stereocenters. The van der Waals surface area contributed by atoms with Crippen molar-refractivity contribution in [2.24, 2.45) is 17.4 Å². The summed E-state index contributed by atoms with van der Waals surface area (Å²) in [5.74, 6) is 1.92. The van der Waals surface area contributed by atoms with Crippen molar-refractivity contribution >= 4 is 28.1 Å². The van der Waals surface area contributed by atoms with Gasteiger partial charge in [0.1, 0.15) is 18.2 Å². The van der Waals surface area contributed by atoms with Crippen LogP contribution in [0, 0.1) is 11.3 Å². The Balaban J connectivity index is 1.82. The molecule has 9 nitrogen and oxygen atoms in total. The molecule has 3 rings (SSSR count). The minimum absolute atomic E-state index is 0.113. The Kier molecular flexibility index (Phi) is 8.28. The molecule has 1 aliphatic heterocycles. The maximum absolute atomic E-state index is 8.56. The van der Waals surface area contributed by atoms with Gasteiger partial charge in [0.05, 0.1) is 16.7 Å². The van der Waals surface area contributed by atoms with E-state index >= 15 is 0 Å². The van der Waals surface area contributed by atoms with Crippen LogP contribution in [0.15, 0.2) is 78.4 Å². The summed E-state index contributed by atoms with van der Waals surface area (Å²) in [4.78, 5) is 9.17. The van der Waals surface area contributed by atoms with Crippen LogP contribution >= 0.6 is 0 Å². The lowest BCUT2D eigenvalue weighted by molar-refractivity contribution is 0.235. The Hall–Kier alpha value is -4.27. The van der Waals surface area contributed by atoms with E-state index < -0.39 is 0 Å². The Morgan fingerprint density at radius 3 is 2.82 bits per heavy atom. The maximum atomic E-state index is 8.56. The number of fused-ring (bicyclic) bond motifs is 1. The van der Waals surface area contributed by atoms with Crippen molar-refractivity contribution in [3.8, 4) is 0 Å². The zero-order valence-corrected chi connectivity index (χ0v) is 19.7. The zero-order valence-electron chi connectivity index (χ0n) is 19.7. The highest BCUT2D eigenvalue weighted by Gasteiger charge is 2.13. The average Bonchev–Trinajstić information content (AvgIpc) is 2.84. The molecular formula is C25H32N8O. The highest BCUT2D eigenvalue weighted by atomic mass is 16.5. The molecule has 0 aliphatic carbocycles. The molecule has 0 bridgehead atoms. The first kappa shape index (κ1) is 24.4. The van der Waals surface area contributed by atoms with Gasteiger partial charge in [-0.2, -0.15) is 0 Å². The molecule has 0 spiro atoms. The molecule has 8 N–H and O–H groups in total. The van der Waals surface area contributed by atoms with Crippen LogP contribution in [-0.2, 0) is 4.74 Å². The quantitative estimate of drug-likeness (QED) is 0.234. The Morgan fingerprint density at radius 2 is 2.15 bits per heavy atom. The van der Waals surface area contributed by atoms with Crippen molar-refractivity contribution in [1.29, 1.82) is 5.41 Å². The van der Waals surface area contributed by atoms with E-state index in [1.165, 1.54) is 0 Å². The van der Waals surface area contributed by atoms with Crippen molar-refractivity contribution < 1.29 is 4.74 Å². The second-order valence-corrected chi connectivity index (χ2v) is 7.96. The standard InChI is InChI=1S/C25H32N8O/c1-16(2)17(12-26)11-23(28)33-24-8-7-21-22(32-24)10-18(13-31-21)19(14-29-3)20(27)15-34-25-6-4-5-9-30-25/h4-8,10-14,16,27,29-30H,9,15,26,28H2,1-3H3,(H,32,33)/b17-12+,19-14-,23-11+,27-20?. The monoisotopic (exact) mass is 460 g/mol. The number of aromatic nitrogens is 2. The maximum Gasteiger partial charge on any atom is 0.187 e. The van der Waals surface area contributed by atoms with Crippen LogP contribution in [-0.4, -0.2) is 35.9 Å². The number of anilines is 1. The van der Waals surface area contributed by atoms with Gasteiger partial charge in [-0.1, -0.05) is 26.0 Å². The molecule has 3 heterocycles. The van der Waals surface area contributed by atoms with E-state index in [1.54, 1.807) is 31.7 Å². The van der Waals surface area contributed by atoms with Gasteiger partial charge in [0.2, 0.25) is 0 Å². The summed E-state index contributed by atoms with van der Waals surface area (Å²) in [7, 11) is 1.79. The number of nitrogens with two attached hydrogens (primary N) is 2. The lowest BCUT2D eigenvalue weighted by Crippen LogP contribution is -2.21. The predicted octanol–water partition coefficient (Wildman–Crippen LogP) is 2.94. The molecule has 0 saturated heterocycles. The third-order valence-corrected chi connectivity index (χ3v) is 5.07. The summed E-state index contributed by atoms with van der Waals surface area (Å²) in [6.45, 7) is 4.91. The summed E-state index contributed by atoms with van der Waals surface area (Å²) < 4.78 is 5.73. The molecule has 0 aromatic carbocycles. The van der Waals surface area contributed by atoms with Crippen molar-refractivity contribution in [2.75, 3.05) is 25.5 Å². The lowest BCUT2D eigenvalue weighted by atomic mass is 10.0. The van der Waals surface area contributed by atoms with E-state index in [-0.39, 0.29) is 12.5 Å². The SMILES string of the molecule is CN/C=C(\C(=N)COC1=CC=CCN1)c1cnc2ccc(N/C(N)=C/C(=C\N)C(C)C)nc2c1. The van der Waals surface area contributed by atoms with Gasteiger partial charge < -0.3 is 37.6 Å². The summed E-state index contributed by atoms with van der Waals surface area (Å²) in [6, 6.07) is 5.58. The number of ether oxygens (including phenoxy) is 1. The minimum Gasteiger partial charge on any atom is -0.473 e. The molecule has 0 unspecified atom stereocenters. The van der Waals surface area contributed by atoms with Crippen LogP contribution in [0.1, 0.15) is 19.4 Å². The van der Waals surface area contributed by atoms with Crippen LogP contribution in [0.2, 0.25) is 0 Å². The molecule has 1 aliphatic rings. The van der Waals surface area contributed by atoms with Crippen molar-refractivity contribution in [3.63, 3.8) is 0 Å². The van der Waals surface area contributed by atoms with Crippen LogP contribution in [0.5, 0.6) is 0 Å². The molecular weight excluding hydrogens is 428 g/mol. The highest BCUT2D eigenvalue weighted by Crippen LogP contribution is 2.21. The summed E-state index contributed by atoms with van der Waals surface area (Å²) in [5, 5.41) is 17.8. The normalized spacial score (nSPS) is 14.6. The first-order valence-corrected chi connectivity index (χ1v) is 11.0. The van der Waals surface area contributed by atoms with Gasteiger partial charge in [0, 0.05) is 37.1 Å². The highest BCUT2D eigenvalue weighted by molar-refractivity contribution is 6.23. The topological polar surface area (TPSA) is 147 Å². The average molecular weight is 461 g/mol. The van der Waals surface area contributed by atoms with Gasteiger partial charge in [-0.15, -0.1) is 0 Å². The van der Waals surface area contributed by atoms with Crippen LogP contribution in [0.25, 0.3) is 16.6 Å². The smallest absolute Gasteiger partial charge is 0.187 e. The van der Waals surface area contributed by atoms with E-state index in [0.717, 1.165) is 16.7 Å². The fraction of sp³-hybridized carbons (Fsp3) is 0.240. The van der Waals surface area contributed by atoms with Crippen LogP contribution in [0.4, 0.5) is 5.82 Å². The number of hydrogen-bond donors (Lipinski definition) is 6. The second-order valence-electron chi connectivity index (χ2n) is 7.96. The van der Waals surface area contributed by atoms with Gasteiger partial charge in [0.15, 0.2) is 5.88 Å². The number of nitrogens with zero attached hydrogens (tertiary/aromatic N) is 2. The van der Waals surface area contributed by atoms with Gasteiger partial charge in [-0.05, 0) is 48.0 Å². The Bertz CT molecular complexity index is 1190. The van der Waals surface area contributed by atoms with Gasteiger partial charge in [0.25, 0.3) is 0 Å². The Morgan fingerprint density at radius 1 is 1.32 bits per heavy atom. The molecule has 9 heteroatoms. The number of rotatable bonds is 10. The number of hydrogen-bond acceptors (Lipinski definition) is 9. The zero-order chi connectivity index (χ0) is 24.5. The molecule has 0 amide bonds. The second kappa shape index (κ2) is 11.6. The molecule has 0 saturated carbocycles. The van der Waals surface area contributed by atoms with E-state index in [0.29, 0.717) is 40.9 Å². The molecule has 2 aromatic heterocycles. The van der Waals surface area contributed by atoms with Crippen molar-refractivity contribution in [2.45, 2.75) is 13.8 Å². The van der Waals surface area contributed by atoms with Gasteiger partial charge in [-0.3, -0.25) is 4.98 Å². The summed E-state index contributed by atoms with van der Waals surface area (Å²) >= 11 is 0. The molecule has 0 fully saturated rings.